The van der Waals surface area contributed by atoms with E-state index in [1.165, 1.54) is 11.3 Å². The number of nitriles is 1. The predicted octanol–water partition coefficient (Wildman–Crippen LogP) is 2.82. The van der Waals surface area contributed by atoms with Crippen LogP contribution < -0.4 is 5.32 Å². The van der Waals surface area contributed by atoms with E-state index >= 15 is 0 Å². The molecule has 0 aliphatic heterocycles. The van der Waals surface area contributed by atoms with Gasteiger partial charge in [0.05, 0.1) is 17.0 Å². The maximum atomic E-state index is 11.8. The average Bonchev–Trinajstić information content (AvgIpc) is 2.86. The van der Waals surface area contributed by atoms with Crippen LogP contribution in [0.25, 0.3) is 0 Å². The highest BCUT2D eigenvalue weighted by atomic mass is 35.5. The number of hydrogen-bond donors (Lipinski definition) is 1. The number of amides is 1. The van der Waals surface area contributed by atoms with Crippen molar-refractivity contribution < 1.29 is 4.79 Å². The van der Waals surface area contributed by atoms with Gasteiger partial charge in [-0.15, -0.1) is 11.3 Å². The lowest BCUT2D eigenvalue weighted by Crippen LogP contribution is -2.36. The van der Waals surface area contributed by atoms with E-state index in [1.54, 1.807) is 11.4 Å². The minimum absolute atomic E-state index is 0.0179. The molecule has 1 fully saturated rings. The molecule has 0 saturated heterocycles. The number of nitrogens with zero attached hydrogens (tertiary/aromatic N) is 1. The van der Waals surface area contributed by atoms with Crippen molar-refractivity contribution in [3.8, 4) is 6.07 Å². The monoisotopic (exact) mass is 254 g/mol. The first-order valence-corrected chi connectivity index (χ1v) is 6.41. The van der Waals surface area contributed by atoms with Gasteiger partial charge in [-0.25, -0.2) is 0 Å². The molecular formula is C11H11ClN2OS. The first kappa shape index (κ1) is 11.4. The van der Waals surface area contributed by atoms with Gasteiger partial charge in [0.15, 0.2) is 0 Å². The fourth-order valence-electron chi connectivity index (χ4n) is 1.98. The molecule has 1 aliphatic carbocycles. The van der Waals surface area contributed by atoms with Gasteiger partial charge in [0.1, 0.15) is 4.88 Å². The zero-order valence-electron chi connectivity index (χ0n) is 8.57. The summed E-state index contributed by atoms with van der Waals surface area (Å²) in [4.78, 5) is 12.4. The van der Waals surface area contributed by atoms with Crippen molar-refractivity contribution in [2.75, 3.05) is 0 Å². The third kappa shape index (κ3) is 2.21. The molecular weight excluding hydrogens is 244 g/mol. The summed E-state index contributed by atoms with van der Waals surface area (Å²) in [6, 6.07) is 3.92. The van der Waals surface area contributed by atoms with Gasteiger partial charge >= 0.3 is 0 Å². The summed E-state index contributed by atoms with van der Waals surface area (Å²) in [5, 5.41) is 14.1. The Balaban J connectivity index is 2.03. The molecule has 1 heterocycles. The van der Waals surface area contributed by atoms with Crippen LogP contribution in [0, 0.1) is 17.2 Å². The van der Waals surface area contributed by atoms with E-state index in [9.17, 15) is 4.79 Å². The molecule has 0 spiro atoms. The van der Waals surface area contributed by atoms with Crippen molar-refractivity contribution in [3.63, 3.8) is 0 Å². The van der Waals surface area contributed by atoms with E-state index in [-0.39, 0.29) is 17.9 Å². The topological polar surface area (TPSA) is 52.9 Å². The molecule has 1 aromatic heterocycles. The lowest BCUT2D eigenvalue weighted by molar-refractivity contribution is 0.0937. The van der Waals surface area contributed by atoms with Crippen molar-refractivity contribution in [1.29, 1.82) is 5.26 Å². The minimum Gasteiger partial charge on any atom is -0.347 e. The van der Waals surface area contributed by atoms with Crippen molar-refractivity contribution in [2.24, 2.45) is 5.92 Å². The van der Waals surface area contributed by atoms with Crippen LogP contribution in [0.1, 0.15) is 28.9 Å². The molecule has 1 amide bonds. The fraction of sp³-hybridized carbons (Fsp3) is 0.455. The van der Waals surface area contributed by atoms with Gasteiger partial charge in [-0.3, -0.25) is 4.79 Å². The second kappa shape index (κ2) is 4.86. The first-order chi connectivity index (χ1) is 7.72. The second-order valence-corrected chi connectivity index (χ2v) is 5.17. The maximum Gasteiger partial charge on any atom is 0.263 e. The highest BCUT2D eigenvalue weighted by molar-refractivity contribution is 7.12. The van der Waals surface area contributed by atoms with Crippen LogP contribution in [-0.2, 0) is 0 Å². The Labute approximate surface area is 103 Å². The third-order valence-corrected chi connectivity index (χ3v) is 4.16. The van der Waals surface area contributed by atoms with Crippen molar-refractivity contribution in [2.45, 2.75) is 25.3 Å². The Morgan fingerprint density at radius 1 is 1.62 bits per heavy atom. The van der Waals surface area contributed by atoms with Crippen molar-refractivity contribution in [1.82, 2.24) is 5.32 Å². The number of thiophene rings is 1. The van der Waals surface area contributed by atoms with Crippen LogP contribution in [0.4, 0.5) is 0 Å². The van der Waals surface area contributed by atoms with E-state index in [4.69, 9.17) is 16.9 Å². The molecule has 2 rings (SSSR count). The van der Waals surface area contributed by atoms with Crippen LogP contribution in [0.15, 0.2) is 11.4 Å². The van der Waals surface area contributed by atoms with Crippen molar-refractivity contribution >= 4 is 28.8 Å². The smallest absolute Gasteiger partial charge is 0.263 e. The Hall–Kier alpha value is -1.05. The van der Waals surface area contributed by atoms with Gasteiger partial charge in [-0.2, -0.15) is 5.26 Å². The lowest BCUT2D eigenvalue weighted by atomic mass is 10.1. The van der Waals surface area contributed by atoms with Crippen LogP contribution >= 0.6 is 22.9 Å². The standard InChI is InChI=1S/C11H11ClN2OS/c12-8-4-5-16-10(8)11(15)14-9-3-1-2-7(9)6-13/h4-5,7,9H,1-3H2,(H,14,15). The van der Waals surface area contributed by atoms with E-state index in [2.05, 4.69) is 11.4 Å². The first-order valence-electron chi connectivity index (χ1n) is 5.16. The number of carbonyl (C=O) groups excluding carboxylic acids is 1. The van der Waals surface area contributed by atoms with Gasteiger partial charge in [-0.1, -0.05) is 11.6 Å². The normalized spacial score (nSPS) is 24.0. The van der Waals surface area contributed by atoms with Crippen LogP contribution in [0.5, 0.6) is 0 Å². The zero-order chi connectivity index (χ0) is 11.5. The summed E-state index contributed by atoms with van der Waals surface area (Å²) < 4.78 is 0. The van der Waals surface area contributed by atoms with Crippen LogP contribution in [0.3, 0.4) is 0 Å². The molecule has 2 atom stereocenters. The maximum absolute atomic E-state index is 11.8. The SMILES string of the molecule is N#CC1CCCC1NC(=O)c1sccc1Cl. The molecule has 84 valence electrons. The predicted molar refractivity (Wildman–Crippen MR) is 63.5 cm³/mol. The van der Waals surface area contributed by atoms with Crippen LogP contribution in [0.2, 0.25) is 5.02 Å². The Kier molecular flexibility index (Phi) is 3.47. The molecule has 1 N–H and O–H groups in total. The molecule has 3 nitrogen and oxygen atoms in total. The van der Waals surface area contributed by atoms with E-state index in [0.29, 0.717) is 9.90 Å². The number of halogens is 1. The number of carbonyl (C=O) groups is 1. The lowest BCUT2D eigenvalue weighted by Gasteiger charge is -2.14. The Morgan fingerprint density at radius 2 is 2.44 bits per heavy atom. The van der Waals surface area contributed by atoms with Gasteiger partial charge < -0.3 is 5.32 Å². The van der Waals surface area contributed by atoms with Gasteiger partial charge in [-0.05, 0) is 30.7 Å². The molecule has 2 unspecified atom stereocenters. The summed E-state index contributed by atoms with van der Waals surface area (Å²) in [6.45, 7) is 0. The summed E-state index contributed by atoms with van der Waals surface area (Å²) in [6.07, 6.45) is 2.76. The molecule has 1 saturated carbocycles. The Bertz CT molecular complexity index is 437. The van der Waals surface area contributed by atoms with Gasteiger partial charge in [0.2, 0.25) is 0 Å². The third-order valence-electron chi connectivity index (χ3n) is 2.82. The molecule has 0 bridgehead atoms. The average molecular weight is 255 g/mol. The number of hydrogen-bond acceptors (Lipinski definition) is 3. The molecule has 1 aromatic rings. The van der Waals surface area contributed by atoms with Crippen LogP contribution in [-0.4, -0.2) is 11.9 Å². The number of nitrogens with one attached hydrogen (secondary N) is 1. The molecule has 0 radical (unpaired) electrons. The largest absolute Gasteiger partial charge is 0.347 e. The van der Waals surface area contributed by atoms with Crippen molar-refractivity contribution in [3.05, 3.63) is 21.3 Å². The van der Waals surface area contributed by atoms with Gasteiger partial charge in [0, 0.05) is 6.04 Å². The molecule has 5 heteroatoms. The van der Waals surface area contributed by atoms with Gasteiger partial charge in [0.25, 0.3) is 5.91 Å². The van der Waals surface area contributed by atoms with E-state index in [1.807, 2.05) is 0 Å². The highest BCUT2D eigenvalue weighted by Gasteiger charge is 2.29. The molecule has 0 aromatic carbocycles. The highest BCUT2D eigenvalue weighted by Crippen LogP contribution is 2.27. The minimum atomic E-state index is -0.160. The van der Waals surface area contributed by atoms with E-state index < -0.39 is 0 Å². The summed E-state index contributed by atoms with van der Waals surface area (Å²) in [5.41, 5.74) is 0. The second-order valence-electron chi connectivity index (χ2n) is 3.84. The quantitative estimate of drug-likeness (QED) is 0.882. The van der Waals surface area contributed by atoms with E-state index in [0.717, 1.165) is 19.3 Å². The Morgan fingerprint density at radius 3 is 3.06 bits per heavy atom. The summed E-state index contributed by atoms with van der Waals surface area (Å²) in [5.74, 6) is -0.213. The number of rotatable bonds is 2. The zero-order valence-corrected chi connectivity index (χ0v) is 10.1. The summed E-state index contributed by atoms with van der Waals surface area (Å²) >= 11 is 7.20. The molecule has 16 heavy (non-hydrogen) atoms. The molecule has 1 aliphatic rings. The summed E-state index contributed by atoms with van der Waals surface area (Å²) in [7, 11) is 0. The fourth-order valence-corrected chi connectivity index (χ4v) is 3.02.